The van der Waals surface area contributed by atoms with E-state index in [0.717, 1.165) is 18.4 Å². The van der Waals surface area contributed by atoms with Crippen LogP contribution in [-0.2, 0) is 0 Å². The van der Waals surface area contributed by atoms with Crippen molar-refractivity contribution in [1.82, 2.24) is 10.7 Å². The third-order valence-electron chi connectivity index (χ3n) is 4.36. The number of aliphatic imine (C=N–C) groups is 1. The molecule has 104 valence electrons. The van der Waals surface area contributed by atoms with Crippen LogP contribution in [0.4, 0.5) is 0 Å². The minimum absolute atomic E-state index is 0.569. The minimum atomic E-state index is 0.569. The second-order valence-electron chi connectivity index (χ2n) is 5.79. The zero-order valence-corrected chi connectivity index (χ0v) is 11.5. The van der Waals surface area contributed by atoms with Crippen molar-refractivity contribution in [3.63, 3.8) is 0 Å². The molecule has 0 amide bonds. The van der Waals surface area contributed by atoms with Gasteiger partial charge in [-0.25, -0.2) is 5.84 Å². The summed E-state index contributed by atoms with van der Waals surface area (Å²) in [5.74, 6) is 7.24. The normalized spacial score (nSPS) is 23.3. The van der Waals surface area contributed by atoms with E-state index in [1.807, 2.05) is 0 Å². The van der Waals surface area contributed by atoms with Gasteiger partial charge in [0, 0.05) is 12.6 Å². The van der Waals surface area contributed by atoms with E-state index in [9.17, 15) is 0 Å². The number of hydrogen-bond donors (Lipinski definition) is 3. The Labute approximate surface area is 111 Å². The molecule has 0 spiro atoms. The number of hydrogen-bond acceptors (Lipinski definition) is 2. The summed E-state index contributed by atoms with van der Waals surface area (Å²) >= 11 is 0. The van der Waals surface area contributed by atoms with Gasteiger partial charge in [-0.3, -0.25) is 10.4 Å². The molecular weight excluding hydrogens is 224 g/mol. The quantitative estimate of drug-likeness (QED) is 0.311. The molecule has 2 saturated carbocycles. The van der Waals surface area contributed by atoms with E-state index < -0.39 is 0 Å². The van der Waals surface area contributed by atoms with Gasteiger partial charge in [-0.2, -0.15) is 0 Å². The summed E-state index contributed by atoms with van der Waals surface area (Å²) < 4.78 is 0. The van der Waals surface area contributed by atoms with Crippen LogP contribution >= 0.6 is 0 Å². The molecule has 2 aliphatic rings. The second kappa shape index (κ2) is 7.62. The van der Waals surface area contributed by atoms with E-state index in [-0.39, 0.29) is 0 Å². The second-order valence-corrected chi connectivity index (χ2v) is 5.79. The molecule has 0 atom stereocenters. The molecule has 0 unspecified atom stereocenters. The van der Waals surface area contributed by atoms with Gasteiger partial charge >= 0.3 is 0 Å². The molecule has 18 heavy (non-hydrogen) atoms. The molecule has 0 radical (unpaired) electrons. The van der Waals surface area contributed by atoms with Crippen LogP contribution in [0.2, 0.25) is 0 Å². The molecule has 4 heteroatoms. The lowest BCUT2D eigenvalue weighted by Gasteiger charge is -2.24. The van der Waals surface area contributed by atoms with Crippen LogP contribution in [0.15, 0.2) is 4.99 Å². The molecule has 0 aromatic heterocycles. The largest absolute Gasteiger partial charge is 0.353 e. The number of nitrogens with one attached hydrogen (secondary N) is 2. The Bertz CT molecular complexity index is 253. The molecule has 2 aliphatic carbocycles. The first-order valence-corrected chi connectivity index (χ1v) is 7.66. The SMILES string of the molecule is NNC(=NCCC1CCCC1)NC1CCCCC1. The monoisotopic (exact) mass is 252 g/mol. The highest BCUT2D eigenvalue weighted by Gasteiger charge is 2.15. The minimum Gasteiger partial charge on any atom is -0.353 e. The van der Waals surface area contributed by atoms with E-state index in [0.29, 0.717) is 6.04 Å². The van der Waals surface area contributed by atoms with E-state index in [1.54, 1.807) is 0 Å². The van der Waals surface area contributed by atoms with E-state index in [4.69, 9.17) is 5.84 Å². The highest BCUT2D eigenvalue weighted by molar-refractivity contribution is 5.79. The van der Waals surface area contributed by atoms with Gasteiger partial charge in [-0.15, -0.1) is 0 Å². The molecule has 0 bridgehead atoms. The van der Waals surface area contributed by atoms with Gasteiger partial charge in [0.2, 0.25) is 5.96 Å². The van der Waals surface area contributed by atoms with Crippen LogP contribution < -0.4 is 16.6 Å². The lowest BCUT2D eigenvalue weighted by Crippen LogP contribution is -2.47. The van der Waals surface area contributed by atoms with Crippen molar-refractivity contribution in [2.24, 2.45) is 16.8 Å². The smallest absolute Gasteiger partial charge is 0.205 e. The van der Waals surface area contributed by atoms with Gasteiger partial charge in [0.25, 0.3) is 0 Å². The molecule has 0 heterocycles. The van der Waals surface area contributed by atoms with Gasteiger partial charge in [0.15, 0.2) is 0 Å². The lowest BCUT2D eigenvalue weighted by atomic mass is 9.96. The van der Waals surface area contributed by atoms with Crippen molar-refractivity contribution in [2.45, 2.75) is 70.3 Å². The fourth-order valence-electron chi connectivity index (χ4n) is 3.23. The highest BCUT2D eigenvalue weighted by Crippen LogP contribution is 2.27. The van der Waals surface area contributed by atoms with Gasteiger partial charge in [-0.05, 0) is 25.2 Å². The third-order valence-corrected chi connectivity index (χ3v) is 4.36. The summed E-state index contributed by atoms with van der Waals surface area (Å²) in [5, 5.41) is 3.44. The molecular formula is C14H28N4. The molecule has 2 rings (SSSR count). The lowest BCUT2D eigenvalue weighted by molar-refractivity contribution is 0.409. The van der Waals surface area contributed by atoms with Crippen LogP contribution in [0.1, 0.15) is 64.2 Å². The maximum atomic E-state index is 5.54. The van der Waals surface area contributed by atoms with Gasteiger partial charge < -0.3 is 5.32 Å². The Hall–Kier alpha value is -0.770. The van der Waals surface area contributed by atoms with Crippen LogP contribution in [0.25, 0.3) is 0 Å². The van der Waals surface area contributed by atoms with Gasteiger partial charge in [-0.1, -0.05) is 44.9 Å². The number of nitrogens with two attached hydrogens (primary N) is 1. The molecule has 0 aromatic carbocycles. The number of nitrogens with zero attached hydrogens (tertiary/aromatic N) is 1. The first-order valence-electron chi connectivity index (χ1n) is 7.66. The van der Waals surface area contributed by atoms with Crippen molar-refractivity contribution in [3.05, 3.63) is 0 Å². The summed E-state index contributed by atoms with van der Waals surface area (Å²) in [6.07, 6.45) is 13.4. The van der Waals surface area contributed by atoms with Crippen LogP contribution in [0.5, 0.6) is 0 Å². The van der Waals surface area contributed by atoms with Crippen LogP contribution in [0.3, 0.4) is 0 Å². The Morgan fingerprint density at radius 1 is 1.00 bits per heavy atom. The first kappa shape index (κ1) is 13.7. The molecule has 4 nitrogen and oxygen atoms in total. The standard InChI is InChI=1S/C14H28N4/c15-18-14(17-13-8-2-1-3-9-13)16-11-10-12-6-4-5-7-12/h12-13H,1-11,15H2,(H2,16,17,18). The average Bonchev–Trinajstić information content (AvgIpc) is 2.92. The number of hydrazine groups is 1. The Kier molecular flexibility index (Phi) is 5.78. The molecule has 0 aromatic rings. The van der Waals surface area contributed by atoms with E-state index >= 15 is 0 Å². The summed E-state index contributed by atoms with van der Waals surface area (Å²) in [6.45, 7) is 0.907. The van der Waals surface area contributed by atoms with E-state index in [1.165, 1.54) is 64.2 Å². The molecule has 0 aliphatic heterocycles. The van der Waals surface area contributed by atoms with Crippen molar-refractivity contribution in [2.75, 3.05) is 6.54 Å². The number of guanidine groups is 1. The van der Waals surface area contributed by atoms with Crippen molar-refractivity contribution in [3.8, 4) is 0 Å². The first-order chi connectivity index (χ1) is 8.88. The van der Waals surface area contributed by atoms with Crippen molar-refractivity contribution in [1.29, 1.82) is 0 Å². The molecule has 4 N–H and O–H groups in total. The summed E-state index contributed by atoms with van der Waals surface area (Å²) in [7, 11) is 0. The highest BCUT2D eigenvalue weighted by atomic mass is 15.3. The predicted molar refractivity (Wildman–Crippen MR) is 76.2 cm³/mol. The summed E-state index contributed by atoms with van der Waals surface area (Å²) in [4.78, 5) is 4.57. The van der Waals surface area contributed by atoms with Crippen molar-refractivity contribution < 1.29 is 0 Å². The topological polar surface area (TPSA) is 62.4 Å². The Morgan fingerprint density at radius 3 is 2.33 bits per heavy atom. The van der Waals surface area contributed by atoms with Gasteiger partial charge in [0.1, 0.15) is 0 Å². The zero-order valence-electron chi connectivity index (χ0n) is 11.5. The third kappa shape index (κ3) is 4.48. The fourth-order valence-corrected chi connectivity index (χ4v) is 3.23. The predicted octanol–water partition coefficient (Wildman–Crippen LogP) is 2.31. The Balaban J connectivity index is 1.68. The number of rotatable bonds is 4. The fraction of sp³-hybridized carbons (Fsp3) is 0.929. The maximum absolute atomic E-state index is 5.54. The Morgan fingerprint density at radius 2 is 1.67 bits per heavy atom. The average molecular weight is 252 g/mol. The molecule has 0 saturated heterocycles. The summed E-state index contributed by atoms with van der Waals surface area (Å²) in [6, 6.07) is 0.569. The summed E-state index contributed by atoms with van der Waals surface area (Å²) in [5.41, 5.74) is 2.71. The maximum Gasteiger partial charge on any atom is 0.205 e. The van der Waals surface area contributed by atoms with Crippen molar-refractivity contribution >= 4 is 5.96 Å². The van der Waals surface area contributed by atoms with Crippen LogP contribution in [-0.4, -0.2) is 18.5 Å². The van der Waals surface area contributed by atoms with Crippen LogP contribution in [0, 0.1) is 5.92 Å². The van der Waals surface area contributed by atoms with E-state index in [2.05, 4.69) is 15.7 Å². The zero-order chi connectivity index (χ0) is 12.6. The molecule has 2 fully saturated rings. The van der Waals surface area contributed by atoms with Gasteiger partial charge in [0.05, 0.1) is 0 Å².